The Morgan fingerprint density at radius 2 is 2.03 bits per heavy atom. The maximum Gasteiger partial charge on any atom is 0.264 e. The van der Waals surface area contributed by atoms with E-state index in [2.05, 4.69) is 10.5 Å². The summed E-state index contributed by atoms with van der Waals surface area (Å²) in [6, 6.07) is 10.5. The fourth-order valence-electron chi connectivity index (χ4n) is 4.98. The first-order chi connectivity index (χ1) is 16.4. The Kier molecular flexibility index (Phi) is 5.87. The lowest BCUT2D eigenvalue weighted by Gasteiger charge is -2.32. The van der Waals surface area contributed by atoms with Crippen molar-refractivity contribution >= 4 is 39.3 Å². The molecule has 1 saturated carbocycles. The number of aliphatic hydroxyl groups is 1. The molecule has 3 atom stereocenters. The van der Waals surface area contributed by atoms with Crippen LogP contribution in [0.2, 0.25) is 5.02 Å². The van der Waals surface area contributed by atoms with E-state index in [-0.39, 0.29) is 23.2 Å². The van der Waals surface area contributed by atoms with Gasteiger partial charge in [0.1, 0.15) is 22.5 Å². The number of carbonyl (C=O) groups excluding carboxylic acids is 1. The van der Waals surface area contributed by atoms with Crippen molar-refractivity contribution in [1.29, 1.82) is 0 Å². The molecule has 176 valence electrons. The average molecular weight is 484 g/mol. The molecule has 9 heteroatoms. The van der Waals surface area contributed by atoms with Crippen LogP contribution in [-0.2, 0) is 4.79 Å². The van der Waals surface area contributed by atoms with E-state index >= 15 is 0 Å². The van der Waals surface area contributed by atoms with Crippen LogP contribution < -0.4 is 10.9 Å². The van der Waals surface area contributed by atoms with Crippen LogP contribution in [0.3, 0.4) is 0 Å². The molecule has 0 saturated heterocycles. The molecule has 3 unspecified atom stereocenters. The first kappa shape index (κ1) is 22.6. The van der Waals surface area contributed by atoms with Gasteiger partial charge in [0.05, 0.1) is 10.5 Å². The molecule has 0 spiro atoms. The van der Waals surface area contributed by atoms with Gasteiger partial charge in [0.25, 0.3) is 11.5 Å². The molecule has 0 aliphatic heterocycles. The van der Waals surface area contributed by atoms with E-state index in [0.29, 0.717) is 45.4 Å². The van der Waals surface area contributed by atoms with Crippen molar-refractivity contribution in [2.75, 3.05) is 0 Å². The van der Waals surface area contributed by atoms with Gasteiger partial charge in [-0.25, -0.2) is 4.39 Å². The molecule has 1 amide bonds. The number of aryl methyl sites for hydroxylation is 1. The zero-order valence-corrected chi connectivity index (χ0v) is 19.2. The minimum atomic E-state index is -1.61. The molecule has 7 nitrogen and oxygen atoms in total. The topological polar surface area (TPSA) is 97.4 Å². The molecule has 2 aromatic heterocycles. The molecule has 1 fully saturated rings. The van der Waals surface area contributed by atoms with Crippen LogP contribution in [0.25, 0.3) is 21.8 Å². The molecule has 0 radical (unpaired) electrons. The minimum Gasteiger partial charge on any atom is -0.378 e. The molecular weight excluding hydrogens is 461 g/mol. The third-order valence-electron chi connectivity index (χ3n) is 6.59. The van der Waals surface area contributed by atoms with Crippen LogP contribution in [0.15, 0.2) is 51.8 Å². The van der Waals surface area contributed by atoms with Crippen LogP contribution in [0.5, 0.6) is 0 Å². The lowest BCUT2D eigenvalue weighted by atomic mass is 9.89. The van der Waals surface area contributed by atoms with Gasteiger partial charge in [0.15, 0.2) is 6.10 Å². The molecule has 0 bridgehead atoms. The number of nitrogens with one attached hydrogen (secondary N) is 1. The van der Waals surface area contributed by atoms with E-state index < -0.39 is 17.8 Å². The number of hydrogen-bond donors (Lipinski definition) is 2. The van der Waals surface area contributed by atoms with Crippen molar-refractivity contribution in [3.8, 4) is 0 Å². The zero-order valence-electron chi connectivity index (χ0n) is 18.4. The Morgan fingerprint density at radius 3 is 2.82 bits per heavy atom. The average Bonchev–Trinajstić information content (AvgIpc) is 3.21. The Morgan fingerprint density at radius 1 is 1.24 bits per heavy atom. The number of benzene rings is 2. The summed E-state index contributed by atoms with van der Waals surface area (Å²) in [5.74, 6) is -0.885. The van der Waals surface area contributed by atoms with Crippen molar-refractivity contribution in [3.05, 3.63) is 75.0 Å². The van der Waals surface area contributed by atoms with Gasteiger partial charge in [0.2, 0.25) is 0 Å². The number of amides is 1. The monoisotopic (exact) mass is 483 g/mol. The number of pyridine rings is 1. The normalized spacial score (nSPS) is 19.4. The molecular formula is C25H23ClFN3O4. The first-order valence-corrected chi connectivity index (χ1v) is 11.6. The lowest BCUT2D eigenvalue weighted by Crippen LogP contribution is -2.42. The van der Waals surface area contributed by atoms with Crippen LogP contribution in [0.1, 0.15) is 49.2 Å². The highest BCUT2D eigenvalue weighted by Gasteiger charge is 2.30. The van der Waals surface area contributed by atoms with Crippen molar-refractivity contribution in [1.82, 2.24) is 15.0 Å². The second-order valence-corrected chi connectivity index (χ2v) is 9.13. The van der Waals surface area contributed by atoms with E-state index in [1.54, 1.807) is 29.7 Å². The van der Waals surface area contributed by atoms with Crippen molar-refractivity contribution < 1.29 is 18.8 Å². The summed E-state index contributed by atoms with van der Waals surface area (Å²) in [5, 5.41) is 18.8. The Balaban J connectivity index is 1.48. The summed E-state index contributed by atoms with van der Waals surface area (Å²) in [6.07, 6.45) is 1.06. The number of rotatable bonds is 4. The number of halogens is 2. The van der Waals surface area contributed by atoms with Gasteiger partial charge >= 0.3 is 0 Å². The van der Waals surface area contributed by atoms with E-state index in [4.69, 9.17) is 16.1 Å². The number of nitrogens with zero attached hydrogens (tertiary/aromatic N) is 2. The van der Waals surface area contributed by atoms with E-state index in [9.17, 15) is 19.1 Å². The van der Waals surface area contributed by atoms with Crippen LogP contribution in [0, 0.1) is 12.7 Å². The van der Waals surface area contributed by atoms with Gasteiger partial charge in [-0.05, 0) is 50.8 Å². The van der Waals surface area contributed by atoms with Crippen LogP contribution >= 0.6 is 11.6 Å². The van der Waals surface area contributed by atoms with Crippen LogP contribution in [0.4, 0.5) is 4.39 Å². The maximum absolute atomic E-state index is 14.0. The summed E-state index contributed by atoms with van der Waals surface area (Å²) >= 11 is 6.50. The third kappa shape index (κ3) is 3.76. The Hall–Kier alpha value is -3.23. The molecule has 34 heavy (non-hydrogen) atoms. The molecule has 2 N–H and O–H groups in total. The van der Waals surface area contributed by atoms with Gasteiger partial charge in [0, 0.05) is 23.0 Å². The standard InChI is InChI=1S/C25H23ClFN3O4/c1-13-20-22(29-34-13)21-17(26)9-5-11-19(21)30(25(20)33)15-7-4-6-14(12-15)28-24(32)23(31)16-8-2-3-10-18(16)27/h2-3,5,8-11,14-15,23,31H,4,6-7,12H2,1H3,(H,28,32). The highest BCUT2D eigenvalue weighted by atomic mass is 35.5. The predicted octanol–water partition coefficient (Wildman–Crippen LogP) is 4.58. The largest absolute Gasteiger partial charge is 0.378 e. The zero-order chi connectivity index (χ0) is 24.0. The van der Waals surface area contributed by atoms with Crippen molar-refractivity contribution in [3.63, 3.8) is 0 Å². The SMILES string of the molecule is Cc1onc2c1c(=O)n(C1CCCC(NC(=O)C(O)c3ccccc3F)C1)c1cccc(Cl)c21. The molecule has 1 aliphatic carbocycles. The van der Waals surface area contributed by atoms with Crippen molar-refractivity contribution in [2.45, 2.75) is 50.8 Å². The van der Waals surface area contributed by atoms with Gasteiger partial charge in [-0.15, -0.1) is 0 Å². The minimum absolute atomic E-state index is 0.0717. The number of hydrogen-bond acceptors (Lipinski definition) is 5. The lowest BCUT2D eigenvalue weighted by molar-refractivity contribution is -0.130. The summed E-state index contributed by atoms with van der Waals surface area (Å²) in [6.45, 7) is 1.69. The third-order valence-corrected chi connectivity index (χ3v) is 6.90. The second-order valence-electron chi connectivity index (χ2n) is 8.72. The fraction of sp³-hybridized carbons (Fsp3) is 0.320. The summed E-state index contributed by atoms with van der Waals surface area (Å²) in [7, 11) is 0. The first-order valence-electron chi connectivity index (χ1n) is 11.2. The predicted molar refractivity (Wildman–Crippen MR) is 126 cm³/mol. The number of aromatic nitrogens is 2. The van der Waals surface area contributed by atoms with E-state index in [0.717, 1.165) is 12.8 Å². The summed E-state index contributed by atoms with van der Waals surface area (Å²) < 4.78 is 21.1. The van der Waals surface area contributed by atoms with Gasteiger partial charge in [-0.2, -0.15) is 0 Å². The van der Waals surface area contributed by atoms with Crippen LogP contribution in [-0.4, -0.2) is 26.8 Å². The smallest absolute Gasteiger partial charge is 0.264 e. The quantitative estimate of drug-likeness (QED) is 0.443. The molecule has 5 rings (SSSR count). The summed E-state index contributed by atoms with van der Waals surface area (Å²) in [4.78, 5) is 26.2. The number of fused-ring (bicyclic) bond motifs is 3. The van der Waals surface area contributed by atoms with Gasteiger partial charge in [-0.1, -0.05) is 41.0 Å². The highest BCUT2D eigenvalue weighted by molar-refractivity contribution is 6.37. The van der Waals surface area contributed by atoms with Crippen molar-refractivity contribution in [2.24, 2.45) is 0 Å². The molecule has 4 aromatic rings. The fourth-order valence-corrected chi connectivity index (χ4v) is 5.24. The van der Waals surface area contributed by atoms with Gasteiger partial charge in [-0.3, -0.25) is 9.59 Å². The summed E-state index contributed by atoms with van der Waals surface area (Å²) in [5.41, 5.74) is 0.805. The van der Waals surface area contributed by atoms with Gasteiger partial charge < -0.3 is 19.5 Å². The van der Waals surface area contributed by atoms with E-state index in [1.165, 1.54) is 18.2 Å². The number of carbonyl (C=O) groups is 1. The Labute approximate surface area is 199 Å². The molecule has 2 aromatic carbocycles. The molecule has 1 aliphatic rings. The second kappa shape index (κ2) is 8.85. The molecule has 2 heterocycles. The highest BCUT2D eigenvalue weighted by Crippen LogP contribution is 2.35. The Bertz CT molecular complexity index is 1460. The number of aliphatic hydroxyl groups excluding tert-OH is 1. The van der Waals surface area contributed by atoms with E-state index in [1.807, 2.05) is 6.07 Å². The maximum atomic E-state index is 14.0.